The molecular weight excluding hydrogens is 242 g/mol. The van der Waals surface area contributed by atoms with Crippen molar-refractivity contribution >= 4 is 23.2 Å². The summed E-state index contributed by atoms with van der Waals surface area (Å²) in [4.78, 5) is 15.8. The first-order chi connectivity index (χ1) is 8.16. The number of carbonyl (C=O) groups excluding carboxylic acids is 1. The van der Waals surface area contributed by atoms with E-state index in [-0.39, 0.29) is 5.91 Å². The standard InChI is InChI=1S/C11H14ClN3O2/c1-7-4-10(12)14-5-8(7)15-11(16)9-6-13-2-3-17-9/h4-5,9,13H,2-3,6H2,1H3,(H,15,16). The summed E-state index contributed by atoms with van der Waals surface area (Å²) < 4.78 is 5.35. The molecular formula is C11H14ClN3O2. The van der Waals surface area contributed by atoms with E-state index in [1.54, 1.807) is 12.3 Å². The highest BCUT2D eigenvalue weighted by molar-refractivity contribution is 6.29. The zero-order valence-corrected chi connectivity index (χ0v) is 10.3. The first-order valence-corrected chi connectivity index (χ1v) is 5.80. The molecule has 0 bridgehead atoms. The molecule has 1 aromatic rings. The second-order valence-electron chi connectivity index (χ2n) is 3.87. The van der Waals surface area contributed by atoms with Crippen molar-refractivity contribution in [3.63, 3.8) is 0 Å². The molecule has 5 nitrogen and oxygen atoms in total. The third kappa shape index (κ3) is 3.15. The lowest BCUT2D eigenvalue weighted by Crippen LogP contribution is -2.45. The SMILES string of the molecule is Cc1cc(Cl)ncc1NC(=O)C1CNCCO1. The normalized spacial score (nSPS) is 20.0. The lowest BCUT2D eigenvalue weighted by molar-refractivity contribution is -0.128. The van der Waals surface area contributed by atoms with Crippen LogP contribution in [0.3, 0.4) is 0 Å². The number of amides is 1. The molecule has 0 saturated carbocycles. The third-order valence-electron chi connectivity index (χ3n) is 2.56. The van der Waals surface area contributed by atoms with E-state index >= 15 is 0 Å². The summed E-state index contributed by atoms with van der Waals surface area (Å²) in [6.45, 7) is 3.73. The molecule has 17 heavy (non-hydrogen) atoms. The Labute approximate surface area is 105 Å². The molecule has 1 aromatic heterocycles. The van der Waals surface area contributed by atoms with E-state index in [2.05, 4.69) is 15.6 Å². The molecule has 0 aliphatic carbocycles. The number of carbonyl (C=O) groups is 1. The number of nitrogens with zero attached hydrogens (tertiary/aromatic N) is 1. The number of ether oxygens (including phenoxy) is 1. The van der Waals surface area contributed by atoms with Gasteiger partial charge < -0.3 is 15.4 Å². The van der Waals surface area contributed by atoms with Gasteiger partial charge in [0.25, 0.3) is 5.91 Å². The van der Waals surface area contributed by atoms with Gasteiger partial charge >= 0.3 is 0 Å². The molecule has 0 spiro atoms. The molecule has 0 radical (unpaired) electrons. The number of hydrogen-bond donors (Lipinski definition) is 2. The minimum atomic E-state index is -0.446. The zero-order valence-electron chi connectivity index (χ0n) is 9.50. The van der Waals surface area contributed by atoms with Crippen molar-refractivity contribution in [2.75, 3.05) is 25.0 Å². The summed E-state index contributed by atoms with van der Waals surface area (Å²) in [6, 6.07) is 1.71. The van der Waals surface area contributed by atoms with Crippen LogP contribution < -0.4 is 10.6 Å². The molecule has 92 valence electrons. The zero-order chi connectivity index (χ0) is 12.3. The van der Waals surface area contributed by atoms with E-state index in [9.17, 15) is 4.79 Å². The summed E-state index contributed by atoms with van der Waals surface area (Å²) in [5, 5.41) is 6.30. The molecule has 1 aliphatic rings. The molecule has 2 N–H and O–H groups in total. The Hall–Kier alpha value is -1.17. The molecule has 2 rings (SSSR count). The maximum Gasteiger partial charge on any atom is 0.254 e. The lowest BCUT2D eigenvalue weighted by atomic mass is 10.2. The smallest absolute Gasteiger partial charge is 0.254 e. The van der Waals surface area contributed by atoms with E-state index < -0.39 is 6.10 Å². The van der Waals surface area contributed by atoms with Gasteiger partial charge in [0, 0.05) is 13.1 Å². The fourth-order valence-corrected chi connectivity index (χ4v) is 1.81. The Balaban J connectivity index is 2.02. The van der Waals surface area contributed by atoms with E-state index in [4.69, 9.17) is 16.3 Å². The van der Waals surface area contributed by atoms with Crippen molar-refractivity contribution in [1.82, 2.24) is 10.3 Å². The number of aryl methyl sites for hydroxylation is 1. The number of morpholine rings is 1. The first kappa shape index (κ1) is 12.3. The maximum atomic E-state index is 11.9. The van der Waals surface area contributed by atoms with Gasteiger partial charge in [0.05, 0.1) is 18.5 Å². The number of aromatic nitrogens is 1. The Morgan fingerprint density at radius 3 is 3.18 bits per heavy atom. The van der Waals surface area contributed by atoms with Crippen LogP contribution in [0.5, 0.6) is 0 Å². The quantitative estimate of drug-likeness (QED) is 0.773. The average Bonchev–Trinajstić information content (AvgIpc) is 2.34. The number of halogens is 1. The molecule has 1 saturated heterocycles. The molecule has 1 aliphatic heterocycles. The summed E-state index contributed by atoms with van der Waals surface area (Å²) in [7, 11) is 0. The Bertz CT molecular complexity index is 419. The Morgan fingerprint density at radius 2 is 2.53 bits per heavy atom. The average molecular weight is 256 g/mol. The highest BCUT2D eigenvalue weighted by atomic mass is 35.5. The van der Waals surface area contributed by atoms with Crippen LogP contribution in [-0.2, 0) is 9.53 Å². The monoisotopic (exact) mass is 255 g/mol. The summed E-state index contributed by atoms with van der Waals surface area (Å²) >= 11 is 5.74. The number of anilines is 1. The highest BCUT2D eigenvalue weighted by Crippen LogP contribution is 2.17. The second kappa shape index (κ2) is 5.44. The summed E-state index contributed by atoms with van der Waals surface area (Å²) in [5.41, 5.74) is 1.54. The van der Waals surface area contributed by atoms with Crippen LogP contribution in [0.1, 0.15) is 5.56 Å². The van der Waals surface area contributed by atoms with E-state index in [1.165, 1.54) is 0 Å². The number of hydrogen-bond acceptors (Lipinski definition) is 4. The molecule has 1 amide bonds. The molecule has 0 aromatic carbocycles. The first-order valence-electron chi connectivity index (χ1n) is 5.42. The Kier molecular flexibility index (Phi) is 3.93. The van der Waals surface area contributed by atoms with Crippen LogP contribution in [-0.4, -0.2) is 36.7 Å². The molecule has 2 heterocycles. The predicted molar refractivity (Wildman–Crippen MR) is 65.2 cm³/mol. The number of rotatable bonds is 2. The van der Waals surface area contributed by atoms with Gasteiger partial charge in [-0.3, -0.25) is 4.79 Å². The largest absolute Gasteiger partial charge is 0.366 e. The van der Waals surface area contributed by atoms with Crippen molar-refractivity contribution in [2.45, 2.75) is 13.0 Å². The van der Waals surface area contributed by atoms with Gasteiger partial charge in [0.15, 0.2) is 0 Å². The maximum absolute atomic E-state index is 11.9. The number of pyridine rings is 1. The predicted octanol–water partition coefficient (Wildman–Crippen LogP) is 0.970. The number of nitrogens with one attached hydrogen (secondary N) is 2. The third-order valence-corrected chi connectivity index (χ3v) is 2.76. The summed E-state index contributed by atoms with van der Waals surface area (Å²) in [5.74, 6) is -0.163. The molecule has 1 atom stereocenters. The van der Waals surface area contributed by atoms with Gasteiger partial charge in [0.2, 0.25) is 0 Å². The van der Waals surface area contributed by atoms with Crippen LogP contribution >= 0.6 is 11.6 Å². The van der Waals surface area contributed by atoms with Crippen molar-refractivity contribution in [2.24, 2.45) is 0 Å². The van der Waals surface area contributed by atoms with Gasteiger partial charge in [-0.15, -0.1) is 0 Å². The van der Waals surface area contributed by atoms with Crippen LogP contribution in [0.2, 0.25) is 5.15 Å². The van der Waals surface area contributed by atoms with Gasteiger partial charge in [-0.2, -0.15) is 0 Å². The van der Waals surface area contributed by atoms with Crippen LogP contribution in [0.4, 0.5) is 5.69 Å². The molecule has 1 unspecified atom stereocenters. The molecule has 1 fully saturated rings. The minimum Gasteiger partial charge on any atom is -0.366 e. The van der Waals surface area contributed by atoms with Crippen molar-refractivity contribution in [3.8, 4) is 0 Å². The van der Waals surface area contributed by atoms with E-state index in [1.807, 2.05) is 6.92 Å². The fourth-order valence-electron chi connectivity index (χ4n) is 1.60. The van der Waals surface area contributed by atoms with Crippen molar-refractivity contribution < 1.29 is 9.53 Å². The van der Waals surface area contributed by atoms with Crippen LogP contribution in [0.25, 0.3) is 0 Å². The lowest BCUT2D eigenvalue weighted by Gasteiger charge is -2.22. The fraction of sp³-hybridized carbons (Fsp3) is 0.455. The highest BCUT2D eigenvalue weighted by Gasteiger charge is 2.22. The van der Waals surface area contributed by atoms with E-state index in [0.717, 1.165) is 12.1 Å². The van der Waals surface area contributed by atoms with Gasteiger partial charge in [0.1, 0.15) is 11.3 Å². The van der Waals surface area contributed by atoms with Crippen molar-refractivity contribution in [1.29, 1.82) is 0 Å². The van der Waals surface area contributed by atoms with Gasteiger partial charge in [-0.1, -0.05) is 11.6 Å². The molecule has 6 heteroatoms. The van der Waals surface area contributed by atoms with Crippen molar-refractivity contribution in [3.05, 3.63) is 23.0 Å². The van der Waals surface area contributed by atoms with Gasteiger partial charge in [-0.25, -0.2) is 4.98 Å². The second-order valence-corrected chi connectivity index (χ2v) is 4.26. The minimum absolute atomic E-state index is 0.163. The van der Waals surface area contributed by atoms with Crippen LogP contribution in [0.15, 0.2) is 12.3 Å². The summed E-state index contributed by atoms with van der Waals surface area (Å²) in [6.07, 6.45) is 1.10. The van der Waals surface area contributed by atoms with Crippen LogP contribution in [0, 0.1) is 6.92 Å². The Morgan fingerprint density at radius 1 is 1.71 bits per heavy atom. The van der Waals surface area contributed by atoms with E-state index in [0.29, 0.717) is 24.0 Å². The topological polar surface area (TPSA) is 63.2 Å². The van der Waals surface area contributed by atoms with Gasteiger partial charge in [-0.05, 0) is 18.6 Å².